The fourth-order valence-electron chi connectivity index (χ4n) is 2.37. The average molecular weight is 315 g/mol. The van der Waals surface area contributed by atoms with Crippen molar-refractivity contribution in [2.75, 3.05) is 13.7 Å². The number of benzene rings is 2. The second-order valence-corrected chi connectivity index (χ2v) is 5.64. The third-order valence-corrected chi connectivity index (χ3v) is 3.72. The molecule has 0 radical (unpaired) electrons. The van der Waals surface area contributed by atoms with E-state index < -0.39 is 0 Å². The highest BCUT2D eigenvalue weighted by molar-refractivity contribution is 5.33. The van der Waals surface area contributed by atoms with Gasteiger partial charge in [-0.15, -0.1) is 0 Å². The number of ether oxygens (including phenoxy) is 2. The van der Waals surface area contributed by atoms with Gasteiger partial charge in [0.2, 0.25) is 0 Å². The van der Waals surface area contributed by atoms with Gasteiger partial charge in [0.15, 0.2) is 0 Å². The Bertz CT molecular complexity index is 615. The van der Waals surface area contributed by atoms with Gasteiger partial charge >= 0.3 is 0 Å². The molecule has 2 atom stereocenters. The van der Waals surface area contributed by atoms with Crippen molar-refractivity contribution in [2.45, 2.75) is 32.6 Å². The minimum Gasteiger partial charge on any atom is -0.497 e. The van der Waals surface area contributed by atoms with Crippen molar-refractivity contribution in [3.63, 3.8) is 0 Å². The van der Waals surface area contributed by atoms with Crippen LogP contribution in [0.4, 0.5) is 0 Å². The smallest absolute Gasteiger partial charge is 0.123 e. The Hall–Kier alpha value is -2.04. The molecule has 0 amide bonds. The molecule has 2 aromatic carbocycles. The third kappa shape index (κ3) is 5.27. The summed E-state index contributed by atoms with van der Waals surface area (Å²) in [6.07, 6.45) is 0.0329. The molecule has 2 unspecified atom stereocenters. The number of methoxy groups -OCH3 is 1. The van der Waals surface area contributed by atoms with Crippen molar-refractivity contribution in [1.29, 1.82) is 0 Å². The van der Waals surface area contributed by atoms with E-state index >= 15 is 0 Å². The fourth-order valence-corrected chi connectivity index (χ4v) is 2.37. The molecule has 0 bridgehead atoms. The van der Waals surface area contributed by atoms with Crippen LogP contribution in [-0.4, -0.2) is 24.9 Å². The highest BCUT2D eigenvalue weighted by Gasteiger charge is 2.09. The lowest BCUT2D eigenvalue weighted by molar-refractivity contribution is 0.212. The second kappa shape index (κ2) is 8.56. The zero-order chi connectivity index (χ0) is 16.7. The van der Waals surface area contributed by atoms with Crippen LogP contribution in [0.3, 0.4) is 0 Å². The van der Waals surface area contributed by atoms with E-state index in [-0.39, 0.29) is 18.8 Å². The van der Waals surface area contributed by atoms with Crippen LogP contribution in [0.25, 0.3) is 0 Å². The summed E-state index contributed by atoms with van der Waals surface area (Å²) in [4.78, 5) is 0. The summed E-state index contributed by atoms with van der Waals surface area (Å²) >= 11 is 0. The van der Waals surface area contributed by atoms with Gasteiger partial charge in [0.05, 0.1) is 13.7 Å². The van der Waals surface area contributed by atoms with Gasteiger partial charge in [-0.1, -0.05) is 30.3 Å². The van der Waals surface area contributed by atoms with Crippen molar-refractivity contribution in [3.05, 3.63) is 59.7 Å². The SMILES string of the molecule is COc1cccc(OC(C)CNC(C)c2cccc(CO)c2)c1. The largest absolute Gasteiger partial charge is 0.497 e. The molecule has 4 nitrogen and oxygen atoms in total. The van der Waals surface area contributed by atoms with Crippen molar-refractivity contribution in [1.82, 2.24) is 5.32 Å². The molecule has 23 heavy (non-hydrogen) atoms. The Balaban J connectivity index is 1.86. The summed E-state index contributed by atoms with van der Waals surface area (Å²) in [5.74, 6) is 1.59. The minimum absolute atomic E-state index is 0.0329. The summed E-state index contributed by atoms with van der Waals surface area (Å²) in [7, 11) is 1.65. The molecule has 2 rings (SSSR count). The van der Waals surface area contributed by atoms with Gasteiger partial charge in [-0.3, -0.25) is 0 Å². The third-order valence-electron chi connectivity index (χ3n) is 3.72. The summed E-state index contributed by atoms with van der Waals surface area (Å²) < 4.78 is 11.1. The van der Waals surface area contributed by atoms with Crippen LogP contribution < -0.4 is 14.8 Å². The highest BCUT2D eigenvalue weighted by Crippen LogP contribution is 2.20. The molecule has 0 fully saturated rings. The van der Waals surface area contributed by atoms with Crippen LogP contribution >= 0.6 is 0 Å². The van der Waals surface area contributed by atoms with E-state index in [1.807, 2.05) is 49.4 Å². The van der Waals surface area contributed by atoms with E-state index in [1.165, 1.54) is 0 Å². The van der Waals surface area contributed by atoms with Crippen LogP contribution in [0, 0.1) is 0 Å². The number of aliphatic hydroxyl groups excluding tert-OH is 1. The number of aliphatic hydroxyl groups is 1. The highest BCUT2D eigenvalue weighted by atomic mass is 16.5. The van der Waals surface area contributed by atoms with Crippen LogP contribution in [0.15, 0.2) is 48.5 Å². The van der Waals surface area contributed by atoms with Gasteiger partial charge in [-0.25, -0.2) is 0 Å². The topological polar surface area (TPSA) is 50.7 Å². The summed E-state index contributed by atoms with van der Waals surface area (Å²) in [5.41, 5.74) is 2.09. The normalized spacial score (nSPS) is 13.4. The van der Waals surface area contributed by atoms with Gasteiger partial charge in [-0.05, 0) is 37.1 Å². The first kappa shape index (κ1) is 17.3. The van der Waals surface area contributed by atoms with Crippen LogP contribution in [0.1, 0.15) is 31.0 Å². The van der Waals surface area contributed by atoms with Gasteiger partial charge in [-0.2, -0.15) is 0 Å². The lowest BCUT2D eigenvalue weighted by atomic mass is 10.1. The molecule has 124 valence electrons. The number of nitrogens with one attached hydrogen (secondary N) is 1. The van der Waals surface area contributed by atoms with E-state index in [0.29, 0.717) is 0 Å². The number of hydrogen-bond donors (Lipinski definition) is 2. The Morgan fingerprint density at radius 3 is 2.52 bits per heavy atom. The molecule has 0 heterocycles. The molecule has 0 aliphatic rings. The lowest BCUT2D eigenvalue weighted by Gasteiger charge is -2.20. The zero-order valence-corrected chi connectivity index (χ0v) is 14.0. The summed E-state index contributed by atoms with van der Waals surface area (Å²) in [6.45, 7) is 4.93. The maximum Gasteiger partial charge on any atom is 0.123 e. The van der Waals surface area contributed by atoms with E-state index in [0.717, 1.165) is 29.2 Å². The monoisotopic (exact) mass is 315 g/mol. The van der Waals surface area contributed by atoms with Gasteiger partial charge in [0, 0.05) is 18.7 Å². The van der Waals surface area contributed by atoms with E-state index in [2.05, 4.69) is 18.3 Å². The molecule has 0 aliphatic heterocycles. The standard InChI is InChI=1S/C19H25NO3/c1-14(23-19-9-5-8-18(11-19)22-3)12-20-15(2)17-7-4-6-16(10-17)13-21/h4-11,14-15,20-21H,12-13H2,1-3H3. The molecule has 2 N–H and O–H groups in total. The molecule has 0 aromatic heterocycles. The van der Waals surface area contributed by atoms with Gasteiger partial charge < -0.3 is 19.9 Å². The Morgan fingerprint density at radius 2 is 1.78 bits per heavy atom. The minimum atomic E-state index is 0.0329. The Kier molecular flexibility index (Phi) is 6.44. The predicted molar refractivity (Wildman–Crippen MR) is 91.9 cm³/mol. The van der Waals surface area contributed by atoms with Crippen LogP contribution in [-0.2, 0) is 6.61 Å². The van der Waals surface area contributed by atoms with Gasteiger partial charge in [0.1, 0.15) is 17.6 Å². The number of hydrogen-bond acceptors (Lipinski definition) is 4. The molecular formula is C19H25NO3. The van der Waals surface area contributed by atoms with Crippen LogP contribution in [0.5, 0.6) is 11.5 Å². The maximum atomic E-state index is 9.22. The molecule has 0 saturated carbocycles. The van der Waals surface area contributed by atoms with Crippen molar-refractivity contribution < 1.29 is 14.6 Å². The van der Waals surface area contributed by atoms with E-state index in [9.17, 15) is 5.11 Å². The molecule has 4 heteroatoms. The first-order valence-electron chi connectivity index (χ1n) is 7.86. The lowest BCUT2D eigenvalue weighted by Crippen LogP contribution is -2.30. The van der Waals surface area contributed by atoms with Crippen molar-refractivity contribution in [3.8, 4) is 11.5 Å². The van der Waals surface area contributed by atoms with E-state index in [1.54, 1.807) is 7.11 Å². The summed E-state index contributed by atoms with van der Waals surface area (Å²) in [5, 5.41) is 12.7. The van der Waals surface area contributed by atoms with Crippen molar-refractivity contribution >= 4 is 0 Å². The molecule has 2 aromatic rings. The quantitative estimate of drug-likeness (QED) is 0.785. The molecule has 0 spiro atoms. The zero-order valence-electron chi connectivity index (χ0n) is 14.0. The molecular weight excluding hydrogens is 290 g/mol. The first-order valence-corrected chi connectivity index (χ1v) is 7.86. The molecule has 0 saturated heterocycles. The average Bonchev–Trinajstić information content (AvgIpc) is 2.59. The maximum absolute atomic E-state index is 9.22. The van der Waals surface area contributed by atoms with Crippen molar-refractivity contribution in [2.24, 2.45) is 0 Å². The second-order valence-electron chi connectivity index (χ2n) is 5.64. The predicted octanol–water partition coefficient (Wildman–Crippen LogP) is 3.31. The first-order chi connectivity index (χ1) is 11.1. The summed E-state index contributed by atoms with van der Waals surface area (Å²) in [6, 6.07) is 15.8. The van der Waals surface area contributed by atoms with Gasteiger partial charge in [0.25, 0.3) is 0 Å². The van der Waals surface area contributed by atoms with Crippen LogP contribution in [0.2, 0.25) is 0 Å². The number of rotatable bonds is 8. The van der Waals surface area contributed by atoms with E-state index in [4.69, 9.17) is 9.47 Å². The fraction of sp³-hybridized carbons (Fsp3) is 0.368. The Morgan fingerprint density at radius 1 is 1.04 bits per heavy atom. The Labute approximate surface area is 138 Å². The molecule has 0 aliphatic carbocycles.